The van der Waals surface area contributed by atoms with Crippen LogP contribution in [-0.4, -0.2) is 58.3 Å². The molecule has 0 aliphatic rings. The van der Waals surface area contributed by atoms with E-state index in [0.717, 1.165) is 4.31 Å². The summed E-state index contributed by atoms with van der Waals surface area (Å²) in [5, 5.41) is 7.97. The molecule has 0 aromatic heterocycles. The molecule has 0 aliphatic carbocycles. The lowest BCUT2D eigenvalue weighted by Gasteiger charge is -2.16. The molecule has 0 heterocycles. The van der Waals surface area contributed by atoms with Gasteiger partial charge in [0.15, 0.2) is 0 Å². The zero-order chi connectivity index (χ0) is 18.3. The highest BCUT2D eigenvalue weighted by molar-refractivity contribution is 7.89. The number of sulfonamides is 1. The molecule has 9 nitrogen and oxygen atoms in total. The van der Waals surface area contributed by atoms with Crippen LogP contribution < -0.4 is 21.7 Å². The summed E-state index contributed by atoms with van der Waals surface area (Å²) in [5.41, 5.74) is 6.03. The molecule has 134 valence electrons. The standard InChI is InChI=1S/C14H23N5O4S/c1-4-16-11-6-5-10(24(22,23)19(2)3)7-12(11)18-14(21)9-17-13(20)8-15/h5-7,16H,4,8-9,15H2,1-3H3,(H,17,20)(H,18,21). The maximum Gasteiger partial charge on any atom is 0.243 e. The molecular formula is C14H23N5O4S. The summed E-state index contributed by atoms with van der Waals surface area (Å²) in [4.78, 5) is 23.1. The fraction of sp³-hybridized carbons (Fsp3) is 0.429. The Labute approximate surface area is 141 Å². The van der Waals surface area contributed by atoms with E-state index < -0.39 is 21.8 Å². The second-order valence-corrected chi connectivity index (χ2v) is 7.21. The number of hydrogen-bond donors (Lipinski definition) is 4. The minimum atomic E-state index is -3.63. The molecule has 0 atom stereocenters. The van der Waals surface area contributed by atoms with E-state index in [1.54, 1.807) is 6.07 Å². The lowest BCUT2D eigenvalue weighted by Crippen LogP contribution is -2.36. The summed E-state index contributed by atoms with van der Waals surface area (Å²) < 4.78 is 25.5. The number of carbonyl (C=O) groups is 2. The average molecular weight is 357 g/mol. The summed E-state index contributed by atoms with van der Waals surface area (Å²) in [6.45, 7) is 1.99. The summed E-state index contributed by atoms with van der Waals surface area (Å²) in [7, 11) is -0.779. The number of nitrogens with zero attached hydrogens (tertiary/aromatic N) is 1. The average Bonchev–Trinajstić information content (AvgIpc) is 2.54. The second kappa shape index (κ2) is 8.62. The largest absolute Gasteiger partial charge is 0.384 e. The van der Waals surface area contributed by atoms with Gasteiger partial charge in [0.1, 0.15) is 0 Å². The number of carbonyl (C=O) groups excluding carboxylic acids is 2. The van der Waals surface area contributed by atoms with Crippen molar-refractivity contribution >= 4 is 33.2 Å². The third kappa shape index (κ3) is 5.18. The summed E-state index contributed by atoms with van der Waals surface area (Å²) in [6, 6.07) is 4.41. The molecule has 1 aromatic rings. The Morgan fingerprint density at radius 2 is 1.83 bits per heavy atom. The minimum Gasteiger partial charge on any atom is -0.384 e. The van der Waals surface area contributed by atoms with Gasteiger partial charge in [-0.1, -0.05) is 0 Å². The number of nitrogens with one attached hydrogen (secondary N) is 3. The van der Waals surface area contributed by atoms with Crippen LogP contribution in [0.25, 0.3) is 0 Å². The molecule has 0 aliphatic heterocycles. The highest BCUT2D eigenvalue weighted by Gasteiger charge is 2.19. The van der Waals surface area contributed by atoms with E-state index in [1.165, 1.54) is 26.2 Å². The molecule has 1 aromatic carbocycles. The van der Waals surface area contributed by atoms with E-state index in [4.69, 9.17) is 5.73 Å². The number of nitrogens with two attached hydrogens (primary N) is 1. The van der Waals surface area contributed by atoms with Crippen molar-refractivity contribution in [1.82, 2.24) is 9.62 Å². The summed E-state index contributed by atoms with van der Waals surface area (Å²) in [5.74, 6) is -0.948. The van der Waals surface area contributed by atoms with Crippen LogP contribution in [0.5, 0.6) is 0 Å². The molecule has 5 N–H and O–H groups in total. The van der Waals surface area contributed by atoms with Crippen molar-refractivity contribution in [3.8, 4) is 0 Å². The molecule has 0 unspecified atom stereocenters. The van der Waals surface area contributed by atoms with Crippen molar-refractivity contribution in [2.45, 2.75) is 11.8 Å². The van der Waals surface area contributed by atoms with Crippen LogP contribution in [0.4, 0.5) is 11.4 Å². The van der Waals surface area contributed by atoms with Gasteiger partial charge >= 0.3 is 0 Å². The number of hydrogen-bond acceptors (Lipinski definition) is 6. The summed E-state index contributed by atoms with van der Waals surface area (Å²) in [6.07, 6.45) is 0. The van der Waals surface area contributed by atoms with Crippen molar-refractivity contribution in [2.75, 3.05) is 44.4 Å². The van der Waals surface area contributed by atoms with Crippen molar-refractivity contribution in [1.29, 1.82) is 0 Å². The highest BCUT2D eigenvalue weighted by Crippen LogP contribution is 2.26. The summed E-state index contributed by atoms with van der Waals surface area (Å²) >= 11 is 0. The van der Waals surface area contributed by atoms with Crippen molar-refractivity contribution in [3.05, 3.63) is 18.2 Å². The quantitative estimate of drug-likeness (QED) is 0.490. The van der Waals surface area contributed by atoms with Gasteiger partial charge in [-0.3, -0.25) is 9.59 Å². The van der Waals surface area contributed by atoms with E-state index in [1.807, 2.05) is 6.92 Å². The smallest absolute Gasteiger partial charge is 0.243 e. The lowest BCUT2D eigenvalue weighted by atomic mass is 10.2. The first kappa shape index (κ1) is 19.9. The third-order valence-electron chi connectivity index (χ3n) is 3.04. The van der Waals surface area contributed by atoms with Crippen LogP contribution in [0.2, 0.25) is 0 Å². The first-order chi connectivity index (χ1) is 11.2. The second-order valence-electron chi connectivity index (χ2n) is 5.05. The molecule has 0 saturated carbocycles. The number of anilines is 2. The normalized spacial score (nSPS) is 11.2. The van der Waals surface area contributed by atoms with Crippen molar-refractivity contribution in [2.24, 2.45) is 5.73 Å². The third-order valence-corrected chi connectivity index (χ3v) is 4.85. The molecule has 1 rings (SSSR count). The molecule has 0 fully saturated rings. The Morgan fingerprint density at radius 3 is 2.38 bits per heavy atom. The number of rotatable bonds is 8. The van der Waals surface area contributed by atoms with Gasteiger partial charge in [0.25, 0.3) is 0 Å². The van der Waals surface area contributed by atoms with E-state index in [9.17, 15) is 18.0 Å². The molecule has 0 bridgehead atoms. The number of benzene rings is 1. The molecule has 24 heavy (non-hydrogen) atoms. The fourth-order valence-corrected chi connectivity index (χ4v) is 2.72. The topological polar surface area (TPSA) is 134 Å². The Morgan fingerprint density at radius 1 is 1.17 bits per heavy atom. The predicted octanol–water partition coefficient (Wildman–Crippen LogP) is -0.618. The SMILES string of the molecule is CCNc1ccc(S(=O)(=O)N(C)C)cc1NC(=O)CNC(=O)CN. The zero-order valence-electron chi connectivity index (χ0n) is 13.9. The van der Waals surface area contributed by atoms with E-state index >= 15 is 0 Å². The molecule has 2 amide bonds. The van der Waals surface area contributed by atoms with Gasteiger partial charge < -0.3 is 21.7 Å². The Balaban J connectivity index is 3.05. The Kier molecular flexibility index (Phi) is 7.14. The predicted molar refractivity (Wildman–Crippen MR) is 92.2 cm³/mol. The Hall–Kier alpha value is -2.17. The molecule has 0 saturated heterocycles. The van der Waals surface area contributed by atoms with Gasteiger partial charge in [0, 0.05) is 20.6 Å². The van der Waals surface area contributed by atoms with Gasteiger partial charge in [-0.25, -0.2) is 12.7 Å². The van der Waals surface area contributed by atoms with Crippen molar-refractivity contribution < 1.29 is 18.0 Å². The van der Waals surface area contributed by atoms with Gasteiger partial charge in [0.05, 0.1) is 29.4 Å². The molecule has 10 heteroatoms. The Bertz CT molecular complexity index is 703. The van der Waals surface area contributed by atoms with Crippen LogP contribution in [0.15, 0.2) is 23.1 Å². The van der Waals surface area contributed by atoms with E-state index in [0.29, 0.717) is 17.9 Å². The van der Waals surface area contributed by atoms with Crippen LogP contribution in [0.1, 0.15) is 6.92 Å². The monoisotopic (exact) mass is 357 g/mol. The van der Waals surface area contributed by atoms with Gasteiger partial charge in [-0.05, 0) is 25.1 Å². The molecular weight excluding hydrogens is 334 g/mol. The van der Waals surface area contributed by atoms with Gasteiger partial charge in [0.2, 0.25) is 21.8 Å². The molecule has 0 radical (unpaired) electrons. The van der Waals surface area contributed by atoms with Crippen molar-refractivity contribution in [3.63, 3.8) is 0 Å². The number of amides is 2. The molecule has 0 spiro atoms. The van der Waals surface area contributed by atoms with Crippen LogP contribution in [0.3, 0.4) is 0 Å². The van der Waals surface area contributed by atoms with Crippen LogP contribution >= 0.6 is 0 Å². The highest BCUT2D eigenvalue weighted by atomic mass is 32.2. The maximum atomic E-state index is 12.2. The fourth-order valence-electron chi connectivity index (χ4n) is 1.79. The van der Waals surface area contributed by atoms with Crippen LogP contribution in [0, 0.1) is 0 Å². The van der Waals surface area contributed by atoms with Gasteiger partial charge in [-0.2, -0.15) is 0 Å². The minimum absolute atomic E-state index is 0.0513. The van der Waals surface area contributed by atoms with Crippen LogP contribution in [-0.2, 0) is 19.6 Å². The maximum absolute atomic E-state index is 12.2. The van der Waals surface area contributed by atoms with E-state index in [2.05, 4.69) is 16.0 Å². The van der Waals surface area contributed by atoms with E-state index in [-0.39, 0.29) is 18.0 Å². The van der Waals surface area contributed by atoms with Gasteiger partial charge in [-0.15, -0.1) is 0 Å². The first-order valence-corrected chi connectivity index (χ1v) is 8.73. The zero-order valence-corrected chi connectivity index (χ0v) is 14.7. The lowest BCUT2D eigenvalue weighted by molar-refractivity contribution is -0.123. The first-order valence-electron chi connectivity index (χ1n) is 7.29.